The Bertz CT molecular complexity index is 464. The van der Waals surface area contributed by atoms with Gasteiger partial charge in [0.15, 0.2) is 0 Å². The fourth-order valence-corrected chi connectivity index (χ4v) is 1.29. The number of hydrogen-bond donors (Lipinski definition) is 3. The summed E-state index contributed by atoms with van der Waals surface area (Å²) >= 11 is 0. The SMILES string of the molecule is COc1cc(C)nc(NC(=O)NCCCC(=O)O)n1. The molecule has 104 valence electrons. The minimum atomic E-state index is -0.894. The summed E-state index contributed by atoms with van der Waals surface area (Å²) in [7, 11) is 1.47. The number of aromatic nitrogens is 2. The van der Waals surface area contributed by atoms with E-state index in [0.29, 0.717) is 18.0 Å². The maximum Gasteiger partial charge on any atom is 0.321 e. The van der Waals surface area contributed by atoms with Gasteiger partial charge in [0.25, 0.3) is 0 Å². The van der Waals surface area contributed by atoms with Crippen LogP contribution >= 0.6 is 0 Å². The van der Waals surface area contributed by atoms with Crippen LogP contribution in [-0.2, 0) is 4.79 Å². The lowest BCUT2D eigenvalue weighted by atomic mass is 10.3. The molecule has 0 spiro atoms. The Morgan fingerprint density at radius 2 is 2.16 bits per heavy atom. The maximum atomic E-state index is 11.5. The van der Waals surface area contributed by atoms with Crippen molar-refractivity contribution in [2.24, 2.45) is 0 Å². The van der Waals surface area contributed by atoms with Gasteiger partial charge in [-0.15, -0.1) is 0 Å². The fraction of sp³-hybridized carbons (Fsp3) is 0.455. The highest BCUT2D eigenvalue weighted by atomic mass is 16.5. The number of anilines is 1. The van der Waals surface area contributed by atoms with Crippen molar-refractivity contribution in [1.82, 2.24) is 15.3 Å². The molecule has 2 amide bonds. The van der Waals surface area contributed by atoms with E-state index in [1.54, 1.807) is 13.0 Å². The van der Waals surface area contributed by atoms with Gasteiger partial charge in [0, 0.05) is 24.7 Å². The smallest absolute Gasteiger partial charge is 0.321 e. The summed E-state index contributed by atoms with van der Waals surface area (Å²) in [5.74, 6) is -0.407. The molecule has 1 aromatic rings. The standard InChI is InChI=1S/C11H16N4O4/c1-7-6-8(19-2)14-10(13-7)15-11(18)12-5-3-4-9(16)17/h6H,3-5H2,1-2H3,(H,16,17)(H2,12,13,14,15,18). The third-order valence-electron chi connectivity index (χ3n) is 2.12. The molecule has 0 saturated carbocycles. The second kappa shape index (κ2) is 7.14. The van der Waals surface area contributed by atoms with E-state index in [0.717, 1.165) is 0 Å². The van der Waals surface area contributed by atoms with Crippen molar-refractivity contribution in [3.63, 3.8) is 0 Å². The normalized spacial score (nSPS) is 9.79. The molecule has 0 saturated heterocycles. The van der Waals surface area contributed by atoms with Crippen LogP contribution in [0, 0.1) is 6.92 Å². The molecule has 8 nitrogen and oxygen atoms in total. The predicted molar refractivity (Wildman–Crippen MR) is 67.2 cm³/mol. The topological polar surface area (TPSA) is 113 Å². The number of amides is 2. The molecule has 0 atom stereocenters. The molecule has 8 heteroatoms. The Hall–Kier alpha value is -2.38. The maximum absolute atomic E-state index is 11.5. The average Bonchev–Trinajstić information content (AvgIpc) is 2.33. The number of carbonyl (C=O) groups excluding carboxylic acids is 1. The van der Waals surface area contributed by atoms with Crippen LogP contribution in [0.4, 0.5) is 10.7 Å². The number of methoxy groups -OCH3 is 1. The highest BCUT2D eigenvalue weighted by Gasteiger charge is 2.06. The summed E-state index contributed by atoms with van der Waals surface area (Å²) < 4.78 is 4.95. The van der Waals surface area contributed by atoms with Crippen molar-refractivity contribution in [1.29, 1.82) is 0 Å². The molecule has 0 radical (unpaired) electrons. The van der Waals surface area contributed by atoms with E-state index < -0.39 is 12.0 Å². The number of aryl methyl sites for hydroxylation is 1. The molecule has 0 aliphatic heterocycles. The van der Waals surface area contributed by atoms with Gasteiger partial charge in [-0.3, -0.25) is 10.1 Å². The number of nitrogens with zero attached hydrogens (tertiary/aromatic N) is 2. The Kier molecular flexibility index (Phi) is 5.52. The van der Waals surface area contributed by atoms with Crippen molar-refractivity contribution in [3.05, 3.63) is 11.8 Å². The van der Waals surface area contributed by atoms with Gasteiger partial charge in [0.1, 0.15) is 0 Å². The number of carbonyl (C=O) groups is 2. The number of carboxylic acids is 1. The van der Waals surface area contributed by atoms with Gasteiger partial charge >= 0.3 is 12.0 Å². The zero-order valence-electron chi connectivity index (χ0n) is 10.8. The molecule has 0 aliphatic rings. The van der Waals surface area contributed by atoms with Crippen LogP contribution in [0.1, 0.15) is 18.5 Å². The first-order valence-electron chi connectivity index (χ1n) is 5.67. The van der Waals surface area contributed by atoms with Gasteiger partial charge in [-0.1, -0.05) is 0 Å². The minimum absolute atomic E-state index is 0.00898. The van der Waals surface area contributed by atoms with E-state index in [-0.39, 0.29) is 18.9 Å². The molecular formula is C11H16N4O4. The van der Waals surface area contributed by atoms with Crippen LogP contribution in [-0.4, -0.2) is 40.7 Å². The summed E-state index contributed by atoms with van der Waals surface area (Å²) in [4.78, 5) is 29.7. The van der Waals surface area contributed by atoms with Crippen LogP contribution in [0.2, 0.25) is 0 Å². The molecule has 0 aromatic carbocycles. The summed E-state index contributed by atoms with van der Waals surface area (Å²) in [6.07, 6.45) is 0.371. The Labute approximate surface area is 110 Å². The van der Waals surface area contributed by atoms with E-state index >= 15 is 0 Å². The van der Waals surface area contributed by atoms with Crippen LogP contribution in [0.25, 0.3) is 0 Å². The van der Waals surface area contributed by atoms with E-state index in [2.05, 4.69) is 20.6 Å². The van der Waals surface area contributed by atoms with Crippen molar-refractivity contribution in [2.45, 2.75) is 19.8 Å². The Morgan fingerprint density at radius 3 is 2.79 bits per heavy atom. The van der Waals surface area contributed by atoms with Gasteiger partial charge < -0.3 is 15.2 Å². The molecule has 1 aromatic heterocycles. The van der Waals surface area contributed by atoms with Crippen LogP contribution in [0.15, 0.2) is 6.07 Å². The summed E-state index contributed by atoms with van der Waals surface area (Å²) in [6.45, 7) is 2.02. The summed E-state index contributed by atoms with van der Waals surface area (Å²) in [5, 5.41) is 13.4. The first-order valence-corrected chi connectivity index (χ1v) is 5.67. The molecule has 19 heavy (non-hydrogen) atoms. The molecule has 3 N–H and O–H groups in total. The van der Waals surface area contributed by atoms with Crippen molar-refractivity contribution in [3.8, 4) is 5.88 Å². The number of carboxylic acid groups (broad SMARTS) is 1. The molecule has 1 heterocycles. The lowest BCUT2D eigenvalue weighted by molar-refractivity contribution is -0.137. The first kappa shape index (κ1) is 14.7. The number of ether oxygens (including phenoxy) is 1. The lowest BCUT2D eigenvalue weighted by Crippen LogP contribution is -2.30. The second-order valence-electron chi connectivity index (χ2n) is 3.75. The van der Waals surface area contributed by atoms with E-state index in [4.69, 9.17) is 9.84 Å². The number of nitrogens with one attached hydrogen (secondary N) is 2. The van der Waals surface area contributed by atoms with E-state index in [1.807, 2.05) is 0 Å². The van der Waals surface area contributed by atoms with Gasteiger partial charge in [-0.05, 0) is 13.3 Å². The summed E-state index contributed by atoms with van der Waals surface area (Å²) in [5.41, 5.74) is 0.660. The third-order valence-corrected chi connectivity index (χ3v) is 2.12. The van der Waals surface area contributed by atoms with E-state index in [9.17, 15) is 9.59 Å². The number of urea groups is 1. The monoisotopic (exact) mass is 268 g/mol. The molecular weight excluding hydrogens is 252 g/mol. The van der Waals surface area contributed by atoms with Crippen LogP contribution in [0.3, 0.4) is 0 Å². The highest BCUT2D eigenvalue weighted by Crippen LogP contribution is 2.10. The quantitative estimate of drug-likeness (QED) is 0.657. The Balaban J connectivity index is 2.43. The number of hydrogen-bond acceptors (Lipinski definition) is 5. The molecule has 0 bridgehead atoms. The van der Waals surface area contributed by atoms with Gasteiger partial charge in [0.05, 0.1) is 7.11 Å². The van der Waals surface area contributed by atoms with Crippen molar-refractivity contribution < 1.29 is 19.4 Å². The molecule has 0 fully saturated rings. The second-order valence-corrected chi connectivity index (χ2v) is 3.75. The van der Waals surface area contributed by atoms with Gasteiger partial charge in [-0.2, -0.15) is 4.98 Å². The number of rotatable bonds is 6. The first-order chi connectivity index (χ1) is 9.01. The van der Waals surface area contributed by atoms with Crippen LogP contribution < -0.4 is 15.4 Å². The zero-order chi connectivity index (χ0) is 14.3. The zero-order valence-corrected chi connectivity index (χ0v) is 10.8. The van der Waals surface area contributed by atoms with Gasteiger partial charge in [0.2, 0.25) is 11.8 Å². The predicted octanol–water partition coefficient (Wildman–Crippen LogP) is 0.780. The highest BCUT2D eigenvalue weighted by molar-refractivity contribution is 5.87. The average molecular weight is 268 g/mol. The van der Waals surface area contributed by atoms with Crippen molar-refractivity contribution >= 4 is 17.9 Å². The Morgan fingerprint density at radius 1 is 1.42 bits per heavy atom. The van der Waals surface area contributed by atoms with Crippen LogP contribution in [0.5, 0.6) is 5.88 Å². The van der Waals surface area contributed by atoms with Gasteiger partial charge in [-0.25, -0.2) is 9.78 Å². The third kappa shape index (κ3) is 5.66. The van der Waals surface area contributed by atoms with E-state index in [1.165, 1.54) is 7.11 Å². The molecule has 1 rings (SSSR count). The molecule has 0 unspecified atom stereocenters. The molecule has 0 aliphatic carbocycles. The fourth-order valence-electron chi connectivity index (χ4n) is 1.29. The summed E-state index contributed by atoms with van der Waals surface area (Å²) in [6, 6.07) is 1.15. The lowest BCUT2D eigenvalue weighted by Gasteiger charge is -2.07. The minimum Gasteiger partial charge on any atom is -0.481 e. The largest absolute Gasteiger partial charge is 0.481 e. The van der Waals surface area contributed by atoms with Crippen molar-refractivity contribution in [2.75, 3.05) is 19.0 Å². The number of aliphatic carboxylic acids is 1.